The van der Waals surface area contributed by atoms with Gasteiger partial charge >= 0.3 is 0 Å². The SMILES string of the molecule is C=CC(=O)N1CCN(CC/C(C=C)=C/C=C\CC(=C)C)CC1. The van der Waals surface area contributed by atoms with Crippen LogP contribution in [0.4, 0.5) is 0 Å². The van der Waals surface area contributed by atoms with Crippen molar-refractivity contribution in [2.75, 3.05) is 32.7 Å². The highest BCUT2D eigenvalue weighted by Gasteiger charge is 2.18. The standard InChI is InChI=1S/C19H28N2O/c1-5-18(10-8-7-9-17(3)4)11-12-20-13-15-21(16-14-20)19(22)6-2/h5-8,10H,1-3,9,11-16H2,4H3/b8-7-,18-10+. The summed E-state index contributed by atoms with van der Waals surface area (Å²) in [6, 6.07) is 0. The van der Waals surface area contributed by atoms with E-state index < -0.39 is 0 Å². The second-order valence-electron chi connectivity index (χ2n) is 5.66. The molecule has 3 nitrogen and oxygen atoms in total. The number of rotatable bonds is 8. The van der Waals surface area contributed by atoms with Crippen molar-refractivity contribution in [1.82, 2.24) is 9.80 Å². The molecular formula is C19H28N2O. The van der Waals surface area contributed by atoms with Gasteiger partial charge in [0.1, 0.15) is 0 Å². The van der Waals surface area contributed by atoms with Crippen LogP contribution in [-0.2, 0) is 4.79 Å². The Balaban J connectivity index is 2.35. The van der Waals surface area contributed by atoms with E-state index in [1.54, 1.807) is 0 Å². The van der Waals surface area contributed by atoms with Crippen LogP contribution < -0.4 is 0 Å². The van der Waals surface area contributed by atoms with E-state index in [2.05, 4.69) is 42.9 Å². The van der Waals surface area contributed by atoms with Crippen LogP contribution in [0.1, 0.15) is 19.8 Å². The Morgan fingerprint density at radius 1 is 1.14 bits per heavy atom. The van der Waals surface area contributed by atoms with Crippen LogP contribution in [0.5, 0.6) is 0 Å². The zero-order valence-corrected chi connectivity index (χ0v) is 13.8. The van der Waals surface area contributed by atoms with Gasteiger partial charge in [0, 0.05) is 32.7 Å². The molecule has 0 aromatic carbocycles. The maximum Gasteiger partial charge on any atom is 0.246 e. The summed E-state index contributed by atoms with van der Waals surface area (Å²) in [6.07, 6.45) is 11.5. The summed E-state index contributed by atoms with van der Waals surface area (Å²) in [4.78, 5) is 15.8. The molecule has 1 fully saturated rings. The minimum absolute atomic E-state index is 0.0361. The lowest BCUT2D eigenvalue weighted by Crippen LogP contribution is -2.48. The van der Waals surface area contributed by atoms with Gasteiger partial charge in [0.2, 0.25) is 5.91 Å². The van der Waals surface area contributed by atoms with E-state index in [0.29, 0.717) is 0 Å². The van der Waals surface area contributed by atoms with E-state index in [1.165, 1.54) is 11.6 Å². The summed E-state index contributed by atoms with van der Waals surface area (Å²) < 4.78 is 0. The van der Waals surface area contributed by atoms with Gasteiger partial charge in [-0.1, -0.05) is 49.6 Å². The lowest BCUT2D eigenvalue weighted by Gasteiger charge is -2.34. The van der Waals surface area contributed by atoms with Crippen molar-refractivity contribution in [3.63, 3.8) is 0 Å². The minimum atomic E-state index is 0.0361. The second kappa shape index (κ2) is 9.96. The lowest BCUT2D eigenvalue weighted by molar-refractivity contribution is -0.127. The average molecular weight is 300 g/mol. The van der Waals surface area contributed by atoms with Crippen LogP contribution in [0, 0.1) is 0 Å². The fourth-order valence-corrected chi connectivity index (χ4v) is 2.32. The van der Waals surface area contributed by atoms with Crippen LogP contribution in [0.15, 0.2) is 61.3 Å². The van der Waals surface area contributed by atoms with E-state index in [0.717, 1.165) is 51.1 Å². The average Bonchev–Trinajstić information content (AvgIpc) is 2.53. The molecule has 0 bridgehead atoms. The van der Waals surface area contributed by atoms with Crippen LogP contribution in [0.25, 0.3) is 0 Å². The molecule has 1 aliphatic heterocycles. The molecule has 0 atom stereocenters. The summed E-state index contributed by atoms with van der Waals surface area (Å²) in [5.41, 5.74) is 2.40. The highest BCUT2D eigenvalue weighted by atomic mass is 16.2. The second-order valence-corrected chi connectivity index (χ2v) is 5.66. The van der Waals surface area contributed by atoms with Gasteiger partial charge in [0.15, 0.2) is 0 Å². The Morgan fingerprint density at radius 3 is 2.36 bits per heavy atom. The van der Waals surface area contributed by atoms with E-state index in [4.69, 9.17) is 0 Å². The number of hydrogen-bond acceptors (Lipinski definition) is 2. The summed E-state index contributed by atoms with van der Waals surface area (Å²) >= 11 is 0. The first-order valence-electron chi connectivity index (χ1n) is 7.83. The van der Waals surface area contributed by atoms with Gasteiger partial charge in [-0.05, 0) is 31.4 Å². The number of allylic oxidation sites excluding steroid dienone is 5. The van der Waals surface area contributed by atoms with Gasteiger partial charge in [-0.3, -0.25) is 9.69 Å². The Labute approximate surface area is 135 Å². The molecule has 0 aliphatic carbocycles. The molecule has 0 saturated carbocycles. The van der Waals surface area contributed by atoms with E-state index in [1.807, 2.05) is 17.9 Å². The Bertz CT molecular complexity index is 466. The molecule has 0 spiro atoms. The van der Waals surface area contributed by atoms with Crippen molar-refractivity contribution in [2.45, 2.75) is 19.8 Å². The van der Waals surface area contributed by atoms with Gasteiger partial charge in [-0.2, -0.15) is 0 Å². The molecule has 1 rings (SSSR count). The summed E-state index contributed by atoms with van der Waals surface area (Å²) in [5, 5.41) is 0. The first kappa shape index (κ1) is 18.2. The van der Waals surface area contributed by atoms with Crippen molar-refractivity contribution in [2.24, 2.45) is 0 Å². The topological polar surface area (TPSA) is 23.6 Å². The number of hydrogen-bond donors (Lipinski definition) is 0. The van der Waals surface area contributed by atoms with E-state index >= 15 is 0 Å². The Morgan fingerprint density at radius 2 is 1.82 bits per heavy atom. The molecule has 0 aromatic heterocycles. The third-order valence-electron chi connectivity index (χ3n) is 3.75. The monoisotopic (exact) mass is 300 g/mol. The molecule has 0 aromatic rings. The fourth-order valence-electron chi connectivity index (χ4n) is 2.32. The molecule has 1 amide bonds. The van der Waals surface area contributed by atoms with Gasteiger partial charge < -0.3 is 4.90 Å². The molecule has 0 unspecified atom stereocenters. The summed E-state index contributed by atoms with van der Waals surface area (Å²) in [5.74, 6) is 0.0361. The molecule has 0 radical (unpaired) electrons. The third kappa shape index (κ3) is 6.72. The van der Waals surface area contributed by atoms with Crippen LogP contribution >= 0.6 is 0 Å². The smallest absolute Gasteiger partial charge is 0.246 e. The molecule has 120 valence electrons. The normalized spacial score (nSPS) is 16.8. The summed E-state index contributed by atoms with van der Waals surface area (Å²) in [7, 11) is 0. The maximum atomic E-state index is 11.5. The molecule has 1 aliphatic rings. The van der Waals surface area contributed by atoms with E-state index in [-0.39, 0.29) is 5.91 Å². The largest absolute Gasteiger partial charge is 0.337 e. The van der Waals surface area contributed by atoms with Gasteiger partial charge in [0.05, 0.1) is 0 Å². The lowest BCUT2D eigenvalue weighted by atomic mass is 10.1. The number of amides is 1. The predicted octanol–water partition coefficient (Wildman–Crippen LogP) is 3.34. The summed E-state index contributed by atoms with van der Waals surface area (Å²) in [6.45, 7) is 17.8. The van der Waals surface area contributed by atoms with Crippen molar-refractivity contribution in [3.05, 3.63) is 61.3 Å². The van der Waals surface area contributed by atoms with Crippen LogP contribution in [0.2, 0.25) is 0 Å². The molecule has 0 N–H and O–H groups in total. The Hall–Kier alpha value is -1.87. The highest BCUT2D eigenvalue weighted by Crippen LogP contribution is 2.09. The Kier molecular flexibility index (Phi) is 8.23. The van der Waals surface area contributed by atoms with Gasteiger partial charge in [0.25, 0.3) is 0 Å². The van der Waals surface area contributed by atoms with Crippen LogP contribution in [-0.4, -0.2) is 48.4 Å². The minimum Gasteiger partial charge on any atom is -0.337 e. The van der Waals surface area contributed by atoms with Crippen molar-refractivity contribution in [3.8, 4) is 0 Å². The number of nitrogens with zero attached hydrogens (tertiary/aromatic N) is 2. The molecular weight excluding hydrogens is 272 g/mol. The number of carbonyl (C=O) groups is 1. The fraction of sp³-hybridized carbons (Fsp3) is 0.421. The van der Waals surface area contributed by atoms with Gasteiger partial charge in [-0.25, -0.2) is 0 Å². The maximum absolute atomic E-state index is 11.5. The highest BCUT2D eigenvalue weighted by molar-refractivity contribution is 5.87. The first-order chi connectivity index (χ1) is 10.6. The number of carbonyl (C=O) groups excluding carboxylic acids is 1. The quantitative estimate of drug-likeness (QED) is 0.390. The molecule has 22 heavy (non-hydrogen) atoms. The third-order valence-corrected chi connectivity index (χ3v) is 3.75. The number of piperazine rings is 1. The van der Waals surface area contributed by atoms with Crippen molar-refractivity contribution < 1.29 is 4.79 Å². The van der Waals surface area contributed by atoms with E-state index in [9.17, 15) is 4.79 Å². The van der Waals surface area contributed by atoms with Crippen LogP contribution in [0.3, 0.4) is 0 Å². The van der Waals surface area contributed by atoms with Crippen molar-refractivity contribution >= 4 is 5.91 Å². The van der Waals surface area contributed by atoms with Crippen molar-refractivity contribution in [1.29, 1.82) is 0 Å². The zero-order chi connectivity index (χ0) is 16.4. The molecule has 1 heterocycles. The molecule has 3 heteroatoms. The molecule has 1 saturated heterocycles. The first-order valence-corrected chi connectivity index (χ1v) is 7.83. The zero-order valence-electron chi connectivity index (χ0n) is 13.8. The predicted molar refractivity (Wildman–Crippen MR) is 94.7 cm³/mol. The van der Waals surface area contributed by atoms with Gasteiger partial charge in [-0.15, -0.1) is 0 Å².